The summed E-state index contributed by atoms with van der Waals surface area (Å²) in [5, 5.41) is 3.98. The molecule has 7 nitrogen and oxygen atoms in total. The smallest absolute Gasteiger partial charge is 0.259 e. The zero-order chi connectivity index (χ0) is 20.8. The van der Waals surface area contributed by atoms with Crippen molar-refractivity contribution in [2.45, 2.75) is 12.3 Å². The van der Waals surface area contributed by atoms with Crippen molar-refractivity contribution in [1.82, 2.24) is 10.3 Å². The first-order valence-corrected chi connectivity index (χ1v) is 9.87. The van der Waals surface area contributed by atoms with Gasteiger partial charge in [-0.1, -0.05) is 30.3 Å². The molecule has 1 heterocycles. The van der Waals surface area contributed by atoms with E-state index < -0.39 is 0 Å². The van der Waals surface area contributed by atoms with Gasteiger partial charge in [0.2, 0.25) is 5.91 Å². The van der Waals surface area contributed by atoms with Crippen molar-refractivity contribution in [3.8, 4) is 11.5 Å². The number of likely N-dealkylation sites (tertiary alicyclic amines) is 1. The first-order chi connectivity index (χ1) is 14.0. The lowest BCUT2D eigenvalue weighted by Gasteiger charge is -2.15. The number of ether oxygens (including phenoxy) is 2. The number of rotatable bonds is 7. The summed E-state index contributed by atoms with van der Waals surface area (Å²) in [4.78, 5) is 26.0. The molecule has 1 aliphatic rings. The standard InChI is InChI=1S/C21H22BrN3O4/c1-28-18-9-14(8-17(22)21(18)29-2)11-23-24-19(26)13-25-12-16(10-20(25)27)15-6-4-3-5-7-15/h3-9,11,16H,10,12-13H2,1-2H3,(H,24,26)/b23-11-/t16-/m0/s1. The normalized spacial score (nSPS) is 16.3. The Morgan fingerprint density at radius 1 is 1.28 bits per heavy atom. The molecule has 1 aliphatic heterocycles. The Morgan fingerprint density at radius 3 is 2.72 bits per heavy atom. The molecule has 0 radical (unpaired) electrons. The van der Waals surface area contributed by atoms with Crippen molar-refractivity contribution in [1.29, 1.82) is 0 Å². The van der Waals surface area contributed by atoms with Crippen LogP contribution >= 0.6 is 15.9 Å². The molecular formula is C21H22BrN3O4. The molecule has 8 heteroatoms. The third kappa shape index (κ3) is 5.14. The van der Waals surface area contributed by atoms with E-state index in [1.54, 1.807) is 31.3 Å². The lowest BCUT2D eigenvalue weighted by molar-refractivity contribution is -0.133. The van der Waals surface area contributed by atoms with Crippen LogP contribution in [-0.2, 0) is 9.59 Å². The van der Waals surface area contributed by atoms with Crippen LogP contribution in [0.4, 0.5) is 0 Å². The third-order valence-corrected chi connectivity index (χ3v) is 5.27. The number of amides is 2. The number of hydrogen-bond donors (Lipinski definition) is 1. The van der Waals surface area contributed by atoms with Gasteiger partial charge in [-0.2, -0.15) is 5.10 Å². The van der Waals surface area contributed by atoms with E-state index in [1.165, 1.54) is 6.21 Å². The van der Waals surface area contributed by atoms with E-state index in [0.29, 0.717) is 28.9 Å². The first-order valence-electron chi connectivity index (χ1n) is 9.08. The van der Waals surface area contributed by atoms with Gasteiger partial charge in [0.1, 0.15) is 6.54 Å². The lowest BCUT2D eigenvalue weighted by Crippen LogP contribution is -2.36. The Labute approximate surface area is 177 Å². The van der Waals surface area contributed by atoms with Crippen molar-refractivity contribution in [2.75, 3.05) is 27.3 Å². The summed E-state index contributed by atoms with van der Waals surface area (Å²) in [5.74, 6) is 0.868. The molecule has 2 aromatic carbocycles. The van der Waals surface area contributed by atoms with Crippen LogP contribution in [0.5, 0.6) is 11.5 Å². The molecule has 0 saturated carbocycles. The molecule has 0 unspecified atom stereocenters. The van der Waals surface area contributed by atoms with Crippen molar-refractivity contribution >= 4 is 34.0 Å². The highest BCUT2D eigenvalue weighted by Gasteiger charge is 2.31. The van der Waals surface area contributed by atoms with Gasteiger partial charge in [0, 0.05) is 18.9 Å². The average molecular weight is 460 g/mol. The summed E-state index contributed by atoms with van der Waals surface area (Å²) < 4.78 is 11.3. The maximum absolute atomic E-state index is 12.2. The number of carbonyl (C=O) groups excluding carboxylic acids is 2. The molecule has 1 saturated heterocycles. The molecule has 1 fully saturated rings. The minimum absolute atomic E-state index is 0.0187. The number of nitrogens with zero attached hydrogens (tertiary/aromatic N) is 2. The van der Waals surface area contributed by atoms with Crippen LogP contribution in [0, 0.1) is 0 Å². The van der Waals surface area contributed by atoms with Crippen molar-refractivity contribution in [2.24, 2.45) is 5.10 Å². The Hall–Kier alpha value is -2.87. The van der Waals surface area contributed by atoms with Gasteiger partial charge in [-0.15, -0.1) is 0 Å². The van der Waals surface area contributed by atoms with Crippen LogP contribution in [0.2, 0.25) is 0 Å². The summed E-state index contributed by atoms with van der Waals surface area (Å²) in [6, 6.07) is 13.4. The Kier molecular flexibility index (Phi) is 6.87. The molecule has 1 N–H and O–H groups in total. The van der Waals surface area contributed by atoms with E-state index in [2.05, 4.69) is 26.5 Å². The molecular weight excluding hydrogens is 438 g/mol. The van der Waals surface area contributed by atoms with Crippen molar-refractivity contribution < 1.29 is 19.1 Å². The first kappa shape index (κ1) is 20.9. The van der Waals surface area contributed by atoms with Crippen molar-refractivity contribution in [3.05, 3.63) is 58.1 Å². The van der Waals surface area contributed by atoms with Gasteiger partial charge in [0.15, 0.2) is 11.5 Å². The molecule has 2 amide bonds. The maximum Gasteiger partial charge on any atom is 0.259 e. The number of hydrogen-bond acceptors (Lipinski definition) is 5. The fourth-order valence-corrected chi connectivity index (χ4v) is 3.89. The van der Waals surface area contributed by atoms with Crippen LogP contribution in [0.15, 0.2) is 52.0 Å². The van der Waals surface area contributed by atoms with Gasteiger partial charge in [-0.3, -0.25) is 9.59 Å². The molecule has 152 valence electrons. The van der Waals surface area contributed by atoms with Crippen LogP contribution in [0.1, 0.15) is 23.5 Å². The number of nitrogens with one attached hydrogen (secondary N) is 1. The average Bonchev–Trinajstić information content (AvgIpc) is 3.08. The minimum atomic E-state index is -0.345. The molecule has 0 spiro atoms. The second kappa shape index (κ2) is 9.56. The van der Waals surface area contributed by atoms with E-state index in [0.717, 1.165) is 11.1 Å². The highest BCUT2D eigenvalue weighted by molar-refractivity contribution is 9.10. The highest BCUT2D eigenvalue weighted by Crippen LogP contribution is 2.35. The van der Waals surface area contributed by atoms with E-state index >= 15 is 0 Å². The predicted molar refractivity (Wildman–Crippen MR) is 113 cm³/mol. The summed E-state index contributed by atoms with van der Waals surface area (Å²) in [6.07, 6.45) is 1.92. The monoisotopic (exact) mass is 459 g/mol. The number of hydrazone groups is 1. The SMILES string of the molecule is COc1cc(/C=N\NC(=O)CN2C[C@@H](c3ccccc3)CC2=O)cc(Br)c1OC. The molecule has 0 aliphatic carbocycles. The zero-order valence-electron chi connectivity index (χ0n) is 16.2. The second-order valence-corrected chi connectivity index (χ2v) is 7.47. The number of benzene rings is 2. The van der Waals surface area contributed by atoms with Gasteiger partial charge in [0.05, 0.1) is 24.9 Å². The van der Waals surface area contributed by atoms with Crippen LogP contribution in [0.3, 0.4) is 0 Å². The number of methoxy groups -OCH3 is 2. The summed E-state index contributed by atoms with van der Waals surface area (Å²) in [6.45, 7) is 0.512. The number of carbonyl (C=O) groups is 2. The highest BCUT2D eigenvalue weighted by atomic mass is 79.9. The summed E-state index contributed by atoms with van der Waals surface area (Å²) in [5.41, 5.74) is 4.30. The minimum Gasteiger partial charge on any atom is -0.493 e. The molecule has 0 bridgehead atoms. The Morgan fingerprint density at radius 2 is 2.03 bits per heavy atom. The second-order valence-electron chi connectivity index (χ2n) is 6.62. The zero-order valence-corrected chi connectivity index (χ0v) is 17.8. The third-order valence-electron chi connectivity index (χ3n) is 4.68. The predicted octanol–water partition coefficient (Wildman–Crippen LogP) is 2.93. The summed E-state index contributed by atoms with van der Waals surface area (Å²) in [7, 11) is 3.10. The van der Waals surface area contributed by atoms with Crippen LogP contribution in [-0.4, -0.2) is 50.2 Å². The lowest BCUT2D eigenvalue weighted by atomic mass is 9.99. The fraction of sp³-hybridized carbons (Fsp3) is 0.286. The van der Waals surface area contributed by atoms with Crippen molar-refractivity contribution in [3.63, 3.8) is 0 Å². The molecule has 3 rings (SSSR count). The molecule has 0 aromatic heterocycles. The Bertz CT molecular complexity index is 918. The van der Waals surface area contributed by atoms with Gasteiger partial charge in [0.25, 0.3) is 5.91 Å². The summed E-state index contributed by atoms with van der Waals surface area (Å²) >= 11 is 3.41. The van der Waals surface area contributed by atoms with Gasteiger partial charge < -0.3 is 14.4 Å². The van der Waals surface area contributed by atoms with E-state index in [-0.39, 0.29) is 24.3 Å². The molecule has 2 aromatic rings. The Balaban J connectivity index is 1.56. The van der Waals surface area contributed by atoms with Gasteiger partial charge in [-0.05, 0) is 39.2 Å². The topological polar surface area (TPSA) is 80.2 Å². The van der Waals surface area contributed by atoms with Crippen LogP contribution in [0.25, 0.3) is 0 Å². The van der Waals surface area contributed by atoms with E-state index in [9.17, 15) is 9.59 Å². The van der Waals surface area contributed by atoms with Crippen LogP contribution < -0.4 is 14.9 Å². The van der Waals surface area contributed by atoms with E-state index in [4.69, 9.17) is 9.47 Å². The van der Waals surface area contributed by atoms with Gasteiger partial charge in [-0.25, -0.2) is 5.43 Å². The largest absolute Gasteiger partial charge is 0.493 e. The number of halogens is 1. The molecule has 29 heavy (non-hydrogen) atoms. The quantitative estimate of drug-likeness (QED) is 0.509. The van der Waals surface area contributed by atoms with E-state index in [1.807, 2.05) is 30.3 Å². The fourth-order valence-electron chi connectivity index (χ4n) is 3.27. The molecule has 1 atom stereocenters. The maximum atomic E-state index is 12.2. The van der Waals surface area contributed by atoms with Gasteiger partial charge >= 0.3 is 0 Å².